The summed E-state index contributed by atoms with van der Waals surface area (Å²) in [6, 6.07) is 9.31. The number of hydrogen-bond donors (Lipinski definition) is 1. The van der Waals surface area contributed by atoms with Crippen LogP contribution in [0.5, 0.6) is 0 Å². The van der Waals surface area contributed by atoms with Crippen molar-refractivity contribution in [3.63, 3.8) is 0 Å². The van der Waals surface area contributed by atoms with Crippen molar-refractivity contribution in [2.24, 2.45) is 29.6 Å². The largest absolute Gasteiger partial charge is 0.353 e. The third-order valence-electron chi connectivity index (χ3n) is 8.57. The Kier molecular flexibility index (Phi) is 5.02. The van der Waals surface area contributed by atoms with E-state index in [-0.39, 0.29) is 16.7 Å². The number of nitrogens with one attached hydrogen (secondary N) is 1. The normalized spacial score (nSPS) is 32.9. The fourth-order valence-corrected chi connectivity index (χ4v) is 8.86. The number of pyridine rings is 1. The van der Waals surface area contributed by atoms with E-state index in [1.165, 1.54) is 36.4 Å². The third-order valence-corrected chi connectivity index (χ3v) is 10.5. The molecule has 1 aromatic heterocycles. The van der Waals surface area contributed by atoms with Gasteiger partial charge in [0.25, 0.3) is 0 Å². The van der Waals surface area contributed by atoms with E-state index in [1.54, 1.807) is 18.3 Å². The van der Waals surface area contributed by atoms with Gasteiger partial charge >= 0.3 is 0 Å². The van der Waals surface area contributed by atoms with Crippen molar-refractivity contribution < 1.29 is 13.2 Å². The molecule has 4 bridgehead atoms. The first-order chi connectivity index (χ1) is 15.5. The second kappa shape index (κ2) is 7.80. The highest BCUT2D eigenvalue weighted by atomic mass is 32.2. The zero-order chi connectivity index (χ0) is 21.9. The van der Waals surface area contributed by atoms with Crippen LogP contribution in [-0.2, 0) is 14.8 Å². The lowest BCUT2D eigenvalue weighted by Crippen LogP contribution is -2.57. The SMILES string of the molecule is O=C(NC1C2CC3CC(C2)CC1C3)C1CCN(S(=O)(=O)c2cccc3cccnc23)CC1. The first-order valence-electron chi connectivity index (χ1n) is 12.1. The summed E-state index contributed by atoms with van der Waals surface area (Å²) in [5, 5.41) is 4.24. The van der Waals surface area contributed by atoms with Crippen LogP contribution < -0.4 is 5.32 Å². The quantitative estimate of drug-likeness (QED) is 0.768. The summed E-state index contributed by atoms with van der Waals surface area (Å²) in [5.41, 5.74) is 0.511. The first kappa shape index (κ1) is 20.6. The van der Waals surface area contributed by atoms with E-state index in [9.17, 15) is 13.2 Å². The molecule has 4 saturated carbocycles. The summed E-state index contributed by atoms with van der Waals surface area (Å²) in [5.74, 6) is 3.16. The summed E-state index contributed by atoms with van der Waals surface area (Å²) < 4.78 is 28.2. The monoisotopic (exact) mass is 453 g/mol. The van der Waals surface area contributed by atoms with Gasteiger partial charge in [0.15, 0.2) is 0 Å². The Morgan fingerprint density at radius 1 is 0.938 bits per heavy atom. The predicted octanol–water partition coefficient (Wildman–Crippen LogP) is 3.58. The fourth-order valence-electron chi connectivity index (χ4n) is 7.22. The molecule has 0 radical (unpaired) electrons. The molecule has 7 heteroatoms. The molecule has 5 fully saturated rings. The van der Waals surface area contributed by atoms with E-state index in [0.717, 1.165) is 17.2 Å². The van der Waals surface area contributed by atoms with Crippen molar-refractivity contribution in [1.82, 2.24) is 14.6 Å². The van der Waals surface area contributed by atoms with Gasteiger partial charge in [0.1, 0.15) is 4.90 Å². The molecule has 0 atom stereocenters. The molecular weight excluding hydrogens is 422 g/mol. The van der Waals surface area contributed by atoms with Crippen molar-refractivity contribution in [2.45, 2.75) is 55.9 Å². The summed E-state index contributed by atoms with van der Waals surface area (Å²) in [7, 11) is -3.64. The molecule has 1 aromatic carbocycles. The van der Waals surface area contributed by atoms with Crippen LogP contribution in [0.1, 0.15) is 44.9 Å². The van der Waals surface area contributed by atoms with Crippen LogP contribution >= 0.6 is 0 Å². The molecule has 0 spiro atoms. The number of aromatic nitrogens is 1. The van der Waals surface area contributed by atoms with Gasteiger partial charge in [-0.05, 0) is 80.8 Å². The molecule has 2 heterocycles. The van der Waals surface area contributed by atoms with Gasteiger partial charge in [0, 0.05) is 36.6 Å². The lowest BCUT2D eigenvalue weighted by atomic mass is 9.54. The van der Waals surface area contributed by atoms with Gasteiger partial charge in [-0.2, -0.15) is 4.31 Å². The Labute approximate surface area is 189 Å². The fraction of sp³-hybridized carbons (Fsp3) is 0.600. The van der Waals surface area contributed by atoms with Crippen LogP contribution in [0.25, 0.3) is 10.9 Å². The van der Waals surface area contributed by atoms with E-state index in [0.29, 0.717) is 49.3 Å². The summed E-state index contributed by atoms with van der Waals surface area (Å²) in [6.45, 7) is 0.761. The van der Waals surface area contributed by atoms with Gasteiger partial charge in [-0.25, -0.2) is 8.42 Å². The van der Waals surface area contributed by atoms with E-state index >= 15 is 0 Å². The summed E-state index contributed by atoms with van der Waals surface area (Å²) in [4.78, 5) is 17.7. The molecule has 32 heavy (non-hydrogen) atoms. The lowest BCUT2D eigenvalue weighted by Gasteiger charge is -2.54. The first-order valence-corrected chi connectivity index (χ1v) is 13.6. The minimum Gasteiger partial charge on any atom is -0.353 e. The number of hydrogen-bond acceptors (Lipinski definition) is 4. The van der Waals surface area contributed by atoms with Crippen LogP contribution in [0.4, 0.5) is 0 Å². The van der Waals surface area contributed by atoms with Crippen molar-refractivity contribution >= 4 is 26.8 Å². The van der Waals surface area contributed by atoms with Gasteiger partial charge in [-0.1, -0.05) is 18.2 Å². The van der Waals surface area contributed by atoms with Crippen LogP contribution in [0.2, 0.25) is 0 Å². The zero-order valence-electron chi connectivity index (χ0n) is 18.3. The number of carbonyl (C=O) groups is 1. The van der Waals surface area contributed by atoms with Gasteiger partial charge in [0.2, 0.25) is 15.9 Å². The van der Waals surface area contributed by atoms with Crippen molar-refractivity contribution in [2.75, 3.05) is 13.1 Å². The molecule has 1 amide bonds. The molecule has 4 aliphatic carbocycles. The highest BCUT2D eigenvalue weighted by Gasteiger charge is 2.49. The molecule has 1 saturated heterocycles. The van der Waals surface area contributed by atoms with E-state index in [1.807, 2.05) is 18.2 Å². The summed E-state index contributed by atoms with van der Waals surface area (Å²) >= 11 is 0. The molecular formula is C25H31N3O3S. The van der Waals surface area contributed by atoms with Crippen molar-refractivity contribution in [1.29, 1.82) is 0 Å². The molecule has 1 aliphatic heterocycles. The number of carbonyl (C=O) groups excluding carboxylic acids is 1. The molecule has 0 unspecified atom stereocenters. The minimum atomic E-state index is -3.64. The van der Waals surface area contributed by atoms with Gasteiger partial charge in [-0.3, -0.25) is 9.78 Å². The van der Waals surface area contributed by atoms with Crippen LogP contribution in [-0.4, -0.2) is 42.7 Å². The molecule has 7 rings (SSSR count). The highest BCUT2D eigenvalue weighted by molar-refractivity contribution is 7.89. The second-order valence-corrected chi connectivity index (χ2v) is 12.4. The molecule has 6 nitrogen and oxygen atoms in total. The minimum absolute atomic E-state index is 0.0933. The van der Waals surface area contributed by atoms with E-state index in [4.69, 9.17) is 0 Å². The van der Waals surface area contributed by atoms with E-state index in [2.05, 4.69) is 10.3 Å². The molecule has 1 N–H and O–H groups in total. The van der Waals surface area contributed by atoms with Crippen LogP contribution in [0, 0.1) is 29.6 Å². The Balaban J connectivity index is 1.12. The predicted molar refractivity (Wildman–Crippen MR) is 122 cm³/mol. The maximum Gasteiger partial charge on any atom is 0.245 e. The zero-order valence-corrected chi connectivity index (χ0v) is 19.1. The number of benzene rings is 1. The lowest BCUT2D eigenvalue weighted by molar-refractivity contribution is -0.130. The number of sulfonamides is 1. The topological polar surface area (TPSA) is 79.4 Å². The number of rotatable bonds is 4. The Hall–Kier alpha value is -1.99. The molecule has 5 aliphatic rings. The second-order valence-electron chi connectivity index (χ2n) is 10.5. The third kappa shape index (κ3) is 3.45. The maximum atomic E-state index is 13.3. The standard InChI is InChI=1S/C25H31N3O3S/c29-25(27-23-20-12-16-11-17(14-20)15-21(23)13-16)19-6-9-28(10-7-19)32(30,31)22-5-1-3-18-4-2-8-26-24(18)22/h1-5,8,16-17,19-21,23H,6-7,9-15H2,(H,27,29). The Morgan fingerprint density at radius 2 is 1.59 bits per heavy atom. The number of amides is 1. The number of nitrogens with zero attached hydrogens (tertiary/aromatic N) is 2. The molecule has 2 aromatic rings. The van der Waals surface area contributed by atoms with Crippen LogP contribution in [0.3, 0.4) is 0 Å². The number of piperidine rings is 1. The van der Waals surface area contributed by atoms with Gasteiger partial charge in [0.05, 0.1) is 5.52 Å². The van der Waals surface area contributed by atoms with Gasteiger partial charge < -0.3 is 5.32 Å². The average molecular weight is 454 g/mol. The smallest absolute Gasteiger partial charge is 0.245 e. The van der Waals surface area contributed by atoms with Crippen molar-refractivity contribution in [3.8, 4) is 0 Å². The van der Waals surface area contributed by atoms with E-state index < -0.39 is 10.0 Å². The highest BCUT2D eigenvalue weighted by Crippen LogP contribution is 2.53. The Morgan fingerprint density at radius 3 is 2.28 bits per heavy atom. The van der Waals surface area contributed by atoms with Gasteiger partial charge in [-0.15, -0.1) is 0 Å². The maximum absolute atomic E-state index is 13.3. The summed E-state index contributed by atoms with van der Waals surface area (Å²) in [6.07, 6.45) is 9.34. The van der Waals surface area contributed by atoms with Crippen LogP contribution in [0.15, 0.2) is 41.4 Å². The van der Waals surface area contributed by atoms with Crippen molar-refractivity contribution in [3.05, 3.63) is 36.5 Å². The number of fused-ring (bicyclic) bond motifs is 1. The molecule has 170 valence electrons. The average Bonchev–Trinajstić information content (AvgIpc) is 2.80. The Bertz CT molecular complexity index is 1110. The number of para-hydroxylation sites is 1.